The fourth-order valence-electron chi connectivity index (χ4n) is 1.79. The third kappa shape index (κ3) is 4.73. The molecular formula is C15H21FN2O3. The molecule has 1 aromatic carbocycles. The zero-order valence-electron chi connectivity index (χ0n) is 12.5. The first-order valence-corrected chi connectivity index (χ1v) is 6.91. The number of nitrogen functional groups attached to an aromatic ring is 1. The van der Waals surface area contributed by atoms with E-state index in [2.05, 4.69) is 5.32 Å². The van der Waals surface area contributed by atoms with Gasteiger partial charge in [-0.15, -0.1) is 0 Å². The van der Waals surface area contributed by atoms with E-state index in [9.17, 15) is 14.0 Å². The van der Waals surface area contributed by atoms with E-state index < -0.39 is 18.4 Å². The molecule has 0 aliphatic rings. The van der Waals surface area contributed by atoms with Crippen LogP contribution in [0, 0.1) is 12.7 Å². The van der Waals surface area contributed by atoms with Gasteiger partial charge >= 0.3 is 5.97 Å². The highest BCUT2D eigenvalue weighted by atomic mass is 19.1. The van der Waals surface area contributed by atoms with Crippen LogP contribution in [0.25, 0.3) is 0 Å². The lowest BCUT2D eigenvalue weighted by atomic mass is 10.1. The molecule has 0 heterocycles. The van der Waals surface area contributed by atoms with Gasteiger partial charge in [0.05, 0.1) is 5.56 Å². The molecule has 0 saturated carbocycles. The second-order valence-corrected chi connectivity index (χ2v) is 4.83. The molecule has 6 heteroatoms. The van der Waals surface area contributed by atoms with Crippen LogP contribution >= 0.6 is 0 Å². The number of carbonyl (C=O) groups excluding carboxylic acids is 2. The molecule has 3 N–H and O–H groups in total. The number of anilines is 1. The summed E-state index contributed by atoms with van der Waals surface area (Å²) in [4.78, 5) is 23.4. The molecule has 5 nitrogen and oxygen atoms in total. The van der Waals surface area contributed by atoms with Crippen molar-refractivity contribution in [3.8, 4) is 0 Å². The van der Waals surface area contributed by atoms with Crippen LogP contribution in [0.1, 0.15) is 42.6 Å². The van der Waals surface area contributed by atoms with E-state index in [1.54, 1.807) is 0 Å². The van der Waals surface area contributed by atoms with Crippen molar-refractivity contribution in [3.05, 3.63) is 29.1 Å². The summed E-state index contributed by atoms with van der Waals surface area (Å²) in [6.45, 7) is 5.03. The number of carbonyl (C=O) groups is 2. The Hall–Kier alpha value is -2.11. The van der Waals surface area contributed by atoms with Gasteiger partial charge in [0.25, 0.3) is 5.91 Å². The minimum absolute atomic E-state index is 0.00840. The quantitative estimate of drug-likeness (QED) is 0.622. The fourth-order valence-corrected chi connectivity index (χ4v) is 1.79. The van der Waals surface area contributed by atoms with Crippen molar-refractivity contribution in [3.63, 3.8) is 0 Å². The zero-order chi connectivity index (χ0) is 16.0. The molecule has 1 amide bonds. The Morgan fingerprint density at radius 3 is 2.48 bits per heavy atom. The van der Waals surface area contributed by atoms with Crippen LogP contribution in [0.4, 0.5) is 10.1 Å². The largest absolute Gasteiger partial charge is 0.452 e. The molecule has 0 atom stereocenters. The molecule has 0 fully saturated rings. The predicted molar refractivity (Wildman–Crippen MR) is 78.3 cm³/mol. The number of amides is 1. The number of hydrogen-bond acceptors (Lipinski definition) is 4. The Morgan fingerprint density at radius 1 is 1.33 bits per heavy atom. The lowest BCUT2D eigenvalue weighted by molar-refractivity contribution is -0.125. The summed E-state index contributed by atoms with van der Waals surface area (Å²) in [7, 11) is 0. The first-order chi connectivity index (χ1) is 9.88. The number of hydrogen-bond donors (Lipinski definition) is 2. The standard InChI is InChI=1S/C15H21FN2O3/c1-4-11(5-2)18-14(19)8-21-15(20)10-6-12(16)9(3)13(17)7-10/h6-7,11H,4-5,8,17H2,1-3H3,(H,18,19). The van der Waals surface area contributed by atoms with E-state index in [4.69, 9.17) is 10.5 Å². The van der Waals surface area contributed by atoms with Crippen molar-refractivity contribution in [2.45, 2.75) is 39.7 Å². The maximum Gasteiger partial charge on any atom is 0.338 e. The van der Waals surface area contributed by atoms with Crippen molar-refractivity contribution in [2.24, 2.45) is 0 Å². The van der Waals surface area contributed by atoms with Gasteiger partial charge in [-0.2, -0.15) is 0 Å². The number of esters is 1. The number of benzene rings is 1. The molecule has 0 bridgehead atoms. The van der Waals surface area contributed by atoms with E-state index in [-0.39, 0.29) is 28.8 Å². The molecule has 116 valence electrons. The first kappa shape index (κ1) is 16.9. The molecule has 1 aromatic rings. The van der Waals surface area contributed by atoms with Crippen molar-refractivity contribution >= 4 is 17.6 Å². The third-order valence-electron chi connectivity index (χ3n) is 3.31. The second-order valence-electron chi connectivity index (χ2n) is 4.83. The number of halogens is 1. The Labute approximate surface area is 123 Å². The van der Waals surface area contributed by atoms with Crippen molar-refractivity contribution in [2.75, 3.05) is 12.3 Å². The summed E-state index contributed by atoms with van der Waals surface area (Å²) in [6, 6.07) is 2.44. The maximum atomic E-state index is 13.5. The van der Waals surface area contributed by atoms with Gasteiger partial charge in [0, 0.05) is 17.3 Å². The third-order valence-corrected chi connectivity index (χ3v) is 3.31. The Bertz CT molecular complexity index is 505. The Balaban J connectivity index is 2.60. The van der Waals surface area contributed by atoms with Crippen LogP contribution in [0.5, 0.6) is 0 Å². The molecule has 0 radical (unpaired) electrons. The van der Waals surface area contributed by atoms with Gasteiger partial charge in [0.1, 0.15) is 5.82 Å². The van der Waals surface area contributed by atoms with Crippen LogP contribution < -0.4 is 11.1 Å². The van der Waals surface area contributed by atoms with Gasteiger partial charge in [-0.05, 0) is 31.9 Å². The number of rotatable bonds is 6. The van der Waals surface area contributed by atoms with Gasteiger partial charge in [-0.3, -0.25) is 4.79 Å². The van der Waals surface area contributed by atoms with E-state index in [0.29, 0.717) is 0 Å². The maximum absolute atomic E-state index is 13.5. The molecule has 21 heavy (non-hydrogen) atoms. The highest BCUT2D eigenvalue weighted by Gasteiger charge is 2.15. The van der Waals surface area contributed by atoms with Crippen molar-refractivity contribution in [1.29, 1.82) is 0 Å². The first-order valence-electron chi connectivity index (χ1n) is 6.91. The number of nitrogens with two attached hydrogens (primary N) is 1. The monoisotopic (exact) mass is 296 g/mol. The average molecular weight is 296 g/mol. The Morgan fingerprint density at radius 2 is 1.95 bits per heavy atom. The Kier molecular flexibility index (Phi) is 6.14. The summed E-state index contributed by atoms with van der Waals surface area (Å²) in [5.41, 5.74) is 6.03. The SMILES string of the molecule is CCC(CC)NC(=O)COC(=O)c1cc(N)c(C)c(F)c1. The zero-order valence-corrected chi connectivity index (χ0v) is 12.5. The molecule has 0 aliphatic carbocycles. The molecule has 0 saturated heterocycles. The lowest BCUT2D eigenvalue weighted by Gasteiger charge is -2.14. The van der Waals surface area contributed by atoms with E-state index >= 15 is 0 Å². The summed E-state index contributed by atoms with van der Waals surface area (Å²) in [5.74, 6) is -1.73. The smallest absolute Gasteiger partial charge is 0.338 e. The minimum atomic E-state index is -0.778. The minimum Gasteiger partial charge on any atom is -0.452 e. The van der Waals surface area contributed by atoms with Gasteiger partial charge in [-0.25, -0.2) is 9.18 Å². The van der Waals surface area contributed by atoms with Crippen LogP contribution in [-0.2, 0) is 9.53 Å². The highest BCUT2D eigenvalue weighted by molar-refractivity contribution is 5.92. The van der Waals surface area contributed by atoms with Gasteiger partial charge < -0.3 is 15.8 Å². The van der Waals surface area contributed by atoms with Crippen molar-refractivity contribution in [1.82, 2.24) is 5.32 Å². The number of nitrogens with one attached hydrogen (secondary N) is 1. The van der Waals surface area contributed by atoms with Gasteiger partial charge in [-0.1, -0.05) is 13.8 Å². The van der Waals surface area contributed by atoms with Gasteiger partial charge in [0.15, 0.2) is 6.61 Å². The molecule has 1 rings (SSSR count). The van der Waals surface area contributed by atoms with Gasteiger partial charge in [0.2, 0.25) is 0 Å². The topological polar surface area (TPSA) is 81.4 Å². The molecule has 0 aliphatic heterocycles. The number of ether oxygens (including phenoxy) is 1. The average Bonchev–Trinajstić information content (AvgIpc) is 2.47. The van der Waals surface area contributed by atoms with E-state index in [0.717, 1.165) is 18.9 Å². The molecule has 0 aromatic heterocycles. The fraction of sp³-hybridized carbons (Fsp3) is 0.467. The summed E-state index contributed by atoms with van der Waals surface area (Å²) in [5, 5.41) is 2.74. The van der Waals surface area contributed by atoms with E-state index in [1.165, 1.54) is 13.0 Å². The second kappa shape index (κ2) is 7.61. The molecule has 0 spiro atoms. The summed E-state index contributed by atoms with van der Waals surface area (Å²) >= 11 is 0. The summed E-state index contributed by atoms with van der Waals surface area (Å²) < 4.78 is 18.4. The van der Waals surface area contributed by atoms with E-state index in [1.807, 2.05) is 13.8 Å². The van der Waals surface area contributed by atoms with Crippen LogP contribution in [0.2, 0.25) is 0 Å². The molecular weight excluding hydrogens is 275 g/mol. The summed E-state index contributed by atoms with van der Waals surface area (Å²) in [6.07, 6.45) is 1.60. The molecule has 0 unspecified atom stereocenters. The lowest BCUT2D eigenvalue weighted by Crippen LogP contribution is -2.36. The predicted octanol–water partition coefficient (Wildman–Crippen LogP) is 2.18. The normalized spacial score (nSPS) is 10.5. The van der Waals surface area contributed by atoms with Crippen LogP contribution in [-0.4, -0.2) is 24.5 Å². The van der Waals surface area contributed by atoms with Crippen LogP contribution in [0.3, 0.4) is 0 Å². The highest BCUT2D eigenvalue weighted by Crippen LogP contribution is 2.18. The van der Waals surface area contributed by atoms with Crippen molar-refractivity contribution < 1.29 is 18.7 Å². The van der Waals surface area contributed by atoms with Crippen LogP contribution in [0.15, 0.2) is 12.1 Å².